The largest absolute Gasteiger partial charge is 0.494 e. The number of rotatable bonds is 4. The minimum atomic E-state index is -0.479. The van der Waals surface area contributed by atoms with Crippen LogP contribution < -0.4 is 10.5 Å². The van der Waals surface area contributed by atoms with Crippen molar-refractivity contribution in [3.63, 3.8) is 0 Å². The molecule has 5 nitrogen and oxygen atoms in total. The lowest BCUT2D eigenvalue weighted by Crippen LogP contribution is -1.98. The molecule has 6 heteroatoms. The highest BCUT2D eigenvalue weighted by Crippen LogP contribution is 2.33. The summed E-state index contributed by atoms with van der Waals surface area (Å²) in [6, 6.07) is 2.90. The maximum Gasteiger partial charge on any atom is 0.229 e. The molecule has 1 heterocycles. The number of halogens is 1. The molecule has 2 aromatic rings. The summed E-state index contributed by atoms with van der Waals surface area (Å²) < 4.78 is 28.5. The molecule has 0 amide bonds. The maximum atomic E-state index is 13.7. The Morgan fingerprint density at radius 3 is 2.67 bits per heavy atom. The molecule has 2 rings (SSSR count). The van der Waals surface area contributed by atoms with Gasteiger partial charge in [0.25, 0.3) is 0 Å². The van der Waals surface area contributed by atoms with Crippen LogP contribution in [0.5, 0.6) is 5.75 Å². The highest BCUT2D eigenvalue weighted by Gasteiger charge is 2.16. The van der Waals surface area contributed by atoms with Crippen LogP contribution in [0.3, 0.4) is 0 Å². The topological polar surface area (TPSA) is 70.5 Å². The van der Waals surface area contributed by atoms with E-state index in [9.17, 15) is 4.39 Å². The maximum absolute atomic E-state index is 13.7. The Morgan fingerprint density at radius 2 is 2.11 bits per heavy atom. The van der Waals surface area contributed by atoms with Crippen molar-refractivity contribution < 1.29 is 18.4 Å². The molecule has 0 saturated heterocycles. The van der Waals surface area contributed by atoms with E-state index in [0.29, 0.717) is 17.7 Å². The number of hydrogen-bond acceptors (Lipinski definition) is 5. The molecule has 0 unspecified atom stereocenters. The van der Waals surface area contributed by atoms with E-state index in [1.807, 2.05) is 0 Å². The van der Waals surface area contributed by atoms with Crippen molar-refractivity contribution >= 4 is 5.88 Å². The van der Waals surface area contributed by atoms with Crippen LogP contribution in [0.25, 0.3) is 11.1 Å². The lowest BCUT2D eigenvalue weighted by Gasteiger charge is -2.10. The van der Waals surface area contributed by atoms with E-state index in [1.54, 1.807) is 13.2 Å². The number of hydrogen-bond donors (Lipinski definition) is 1. The molecule has 0 saturated carbocycles. The van der Waals surface area contributed by atoms with Crippen LogP contribution in [0.4, 0.5) is 10.3 Å². The van der Waals surface area contributed by atoms with Crippen molar-refractivity contribution in [1.29, 1.82) is 0 Å². The first kappa shape index (κ1) is 12.4. The van der Waals surface area contributed by atoms with Gasteiger partial charge in [0.05, 0.1) is 25.5 Å². The Labute approximate surface area is 103 Å². The van der Waals surface area contributed by atoms with Crippen LogP contribution in [-0.2, 0) is 11.3 Å². The van der Waals surface area contributed by atoms with Gasteiger partial charge in [0.1, 0.15) is 0 Å². The molecule has 0 aliphatic rings. The summed E-state index contributed by atoms with van der Waals surface area (Å²) in [7, 11) is 2.96. The zero-order valence-corrected chi connectivity index (χ0v) is 10.1. The highest BCUT2D eigenvalue weighted by atomic mass is 19.1. The van der Waals surface area contributed by atoms with Gasteiger partial charge in [0.15, 0.2) is 11.6 Å². The third-order valence-corrected chi connectivity index (χ3v) is 2.57. The molecule has 0 bridgehead atoms. The van der Waals surface area contributed by atoms with Gasteiger partial charge in [-0.15, -0.1) is 0 Å². The second-order valence-corrected chi connectivity index (χ2v) is 3.68. The van der Waals surface area contributed by atoms with Crippen molar-refractivity contribution in [2.24, 2.45) is 0 Å². The van der Waals surface area contributed by atoms with Gasteiger partial charge in [0, 0.05) is 7.11 Å². The van der Waals surface area contributed by atoms with Crippen LogP contribution in [0, 0.1) is 5.82 Å². The van der Waals surface area contributed by atoms with Gasteiger partial charge in [-0.2, -0.15) is 0 Å². The Morgan fingerprint density at radius 1 is 1.33 bits per heavy atom. The second-order valence-electron chi connectivity index (χ2n) is 3.68. The molecule has 0 radical (unpaired) electrons. The lowest BCUT2D eigenvalue weighted by atomic mass is 10.0. The van der Waals surface area contributed by atoms with E-state index >= 15 is 0 Å². The molecule has 2 N–H and O–H groups in total. The summed E-state index contributed by atoms with van der Waals surface area (Å²) in [5, 5.41) is 3.58. The van der Waals surface area contributed by atoms with Gasteiger partial charge in [-0.1, -0.05) is 5.16 Å². The molecular weight excluding hydrogens is 239 g/mol. The van der Waals surface area contributed by atoms with E-state index in [1.165, 1.54) is 19.4 Å². The van der Waals surface area contributed by atoms with Gasteiger partial charge in [-0.25, -0.2) is 4.39 Å². The van der Waals surface area contributed by atoms with Gasteiger partial charge in [-0.05, 0) is 23.3 Å². The number of ether oxygens (including phenoxy) is 2. The molecule has 0 aliphatic heterocycles. The summed E-state index contributed by atoms with van der Waals surface area (Å²) in [4.78, 5) is 0. The Hall–Kier alpha value is -2.08. The molecule has 0 spiro atoms. The average molecular weight is 252 g/mol. The van der Waals surface area contributed by atoms with Crippen LogP contribution in [0.1, 0.15) is 5.56 Å². The second kappa shape index (κ2) is 5.05. The van der Waals surface area contributed by atoms with E-state index in [-0.39, 0.29) is 11.6 Å². The van der Waals surface area contributed by atoms with Gasteiger partial charge in [-0.3, -0.25) is 0 Å². The lowest BCUT2D eigenvalue weighted by molar-refractivity contribution is 0.185. The number of nitrogens with two attached hydrogens (primary N) is 1. The van der Waals surface area contributed by atoms with Gasteiger partial charge < -0.3 is 19.7 Å². The van der Waals surface area contributed by atoms with E-state index in [2.05, 4.69) is 5.16 Å². The fourth-order valence-electron chi connectivity index (χ4n) is 1.73. The van der Waals surface area contributed by atoms with Gasteiger partial charge in [0.2, 0.25) is 5.88 Å². The molecule has 0 aliphatic carbocycles. The zero-order valence-electron chi connectivity index (χ0n) is 10.1. The number of aromatic nitrogens is 1. The molecular formula is C12H13FN2O3. The summed E-state index contributed by atoms with van der Waals surface area (Å²) in [5.41, 5.74) is 7.48. The Balaban J connectivity index is 2.58. The zero-order chi connectivity index (χ0) is 13.1. The third kappa shape index (κ3) is 2.14. The van der Waals surface area contributed by atoms with Crippen LogP contribution in [-0.4, -0.2) is 19.4 Å². The summed E-state index contributed by atoms with van der Waals surface area (Å²) in [6.45, 7) is 0.302. The third-order valence-electron chi connectivity index (χ3n) is 2.57. The van der Waals surface area contributed by atoms with Crippen LogP contribution >= 0.6 is 0 Å². The van der Waals surface area contributed by atoms with Crippen molar-refractivity contribution in [3.8, 4) is 16.9 Å². The number of nitrogens with zero attached hydrogens (tertiary/aromatic N) is 1. The number of methoxy groups -OCH3 is 2. The average Bonchev–Trinajstić information content (AvgIpc) is 2.77. The standard InChI is InChI=1S/C12H13FN2O3/c1-16-6-7-3-11(17-2)10(13)4-8(7)9-5-15-18-12(9)14/h3-5H,6,14H2,1-2H3. The molecule has 1 aromatic heterocycles. The fraction of sp³-hybridized carbons (Fsp3) is 0.250. The van der Waals surface area contributed by atoms with Crippen LogP contribution in [0.2, 0.25) is 0 Å². The quantitative estimate of drug-likeness (QED) is 0.903. The number of anilines is 1. The Kier molecular flexibility index (Phi) is 3.47. The smallest absolute Gasteiger partial charge is 0.229 e. The summed E-state index contributed by atoms with van der Waals surface area (Å²) in [5.74, 6) is -0.189. The monoisotopic (exact) mass is 252 g/mol. The van der Waals surface area contributed by atoms with Crippen molar-refractivity contribution in [2.75, 3.05) is 20.0 Å². The predicted octanol–water partition coefficient (Wildman–Crippen LogP) is 2.22. The first-order chi connectivity index (χ1) is 8.67. The van der Waals surface area contributed by atoms with E-state index < -0.39 is 5.82 Å². The molecule has 96 valence electrons. The molecule has 0 atom stereocenters. The predicted molar refractivity (Wildman–Crippen MR) is 63.6 cm³/mol. The number of benzene rings is 1. The summed E-state index contributed by atoms with van der Waals surface area (Å²) in [6.07, 6.45) is 1.44. The molecule has 0 fully saturated rings. The number of nitrogen functional groups attached to an aromatic ring is 1. The molecule has 18 heavy (non-hydrogen) atoms. The van der Waals surface area contributed by atoms with Gasteiger partial charge >= 0.3 is 0 Å². The molecule has 1 aromatic carbocycles. The minimum Gasteiger partial charge on any atom is -0.494 e. The van der Waals surface area contributed by atoms with Crippen molar-refractivity contribution in [1.82, 2.24) is 5.16 Å². The summed E-state index contributed by atoms with van der Waals surface area (Å²) >= 11 is 0. The van der Waals surface area contributed by atoms with Crippen LogP contribution in [0.15, 0.2) is 22.9 Å². The SMILES string of the molecule is COCc1cc(OC)c(F)cc1-c1cnoc1N. The Bertz CT molecular complexity index is 554. The van der Waals surface area contributed by atoms with Crippen molar-refractivity contribution in [3.05, 3.63) is 29.7 Å². The first-order valence-electron chi connectivity index (χ1n) is 5.23. The minimum absolute atomic E-state index is 0.136. The fourth-order valence-corrected chi connectivity index (χ4v) is 1.73. The van der Waals surface area contributed by atoms with E-state index in [0.717, 1.165) is 5.56 Å². The normalized spacial score (nSPS) is 10.6. The first-order valence-corrected chi connectivity index (χ1v) is 5.23. The van der Waals surface area contributed by atoms with Crippen molar-refractivity contribution in [2.45, 2.75) is 6.61 Å². The van der Waals surface area contributed by atoms with E-state index in [4.69, 9.17) is 19.7 Å². The highest BCUT2D eigenvalue weighted by molar-refractivity contribution is 5.75.